The lowest BCUT2D eigenvalue weighted by Crippen LogP contribution is -2.48. The van der Waals surface area contributed by atoms with Gasteiger partial charge in [0.15, 0.2) is 0 Å². The Morgan fingerprint density at radius 2 is 1.76 bits per heavy atom. The van der Waals surface area contributed by atoms with Crippen molar-refractivity contribution in [1.29, 1.82) is 0 Å². The van der Waals surface area contributed by atoms with E-state index >= 15 is 0 Å². The van der Waals surface area contributed by atoms with Crippen LogP contribution in [-0.4, -0.2) is 64.2 Å². The minimum absolute atomic E-state index is 0.204. The fraction of sp³-hybridized carbons (Fsp3) is 0.190. The summed E-state index contributed by atoms with van der Waals surface area (Å²) >= 11 is 0. The van der Waals surface area contributed by atoms with E-state index in [4.69, 9.17) is 0 Å². The number of pyridine rings is 2. The lowest BCUT2D eigenvalue weighted by atomic mass is 10.1. The average molecular weight is 389 g/mol. The number of carbonyl (C=O) groups is 3. The van der Waals surface area contributed by atoms with Crippen molar-refractivity contribution < 1.29 is 14.4 Å². The van der Waals surface area contributed by atoms with Gasteiger partial charge in [-0.2, -0.15) is 0 Å². The van der Waals surface area contributed by atoms with E-state index in [1.807, 2.05) is 24.3 Å². The van der Waals surface area contributed by atoms with Crippen LogP contribution in [0.4, 0.5) is 5.69 Å². The van der Waals surface area contributed by atoms with Crippen LogP contribution < -0.4 is 5.32 Å². The second-order valence-electron chi connectivity index (χ2n) is 6.73. The van der Waals surface area contributed by atoms with Crippen molar-refractivity contribution in [3.8, 4) is 0 Å². The van der Waals surface area contributed by atoms with Gasteiger partial charge in [-0.3, -0.25) is 24.4 Å². The predicted molar refractivity (Wildman–Crippen MR) is 107 cm³/mol. The number of nitrogens with zero attached hydrogens (tertiary/aromatic N) is 4. The maximum atomic E-state index is 12.7. The molecule has 29 heavy (non-hydrogen) atoms. The van der Waals surface area contributed by atoms with E-state index in [-0.39, 0.29) is 17.4 Å². The Balaban J connectivity index is 1.51. The maximum Gasteiger partial charge on any atom is 0.257 e. The fourth-order valence-electron chi connectivity index (χ4n) is 3.29. The number of hydrogen-bond donors (Lipinski definition) is 1. The summed E-state index contributed by atoms with van der Waals surface area (Å²) in [5, 5.41) is 3.77. The smallest absolute Gasteiger partial charge is 0.257 e. The summed E-state index contributed by atoms with van der Waals surface area (Å²) in [4.78, 5) is 48.0. The van der Waals surface area contributed by atoms with Crippen LogP contribution in [0.25, 0.3) is 10.9 Å². The summed E-state index contributed by atoms with van der Waals surface area (Å²) in [6.45, 7) is 1.90. The van der Waals surface area contributed by atoms with E-state index in [1.165, 1.54) is 18.5 Å². The lowest BCUT2D eigenvalue weighted by Gasteiger charge is -2.32. The first-order chi connectivity index (χ1) is 14.2. The molecule has 0 bridgehead atoms. The molecule has 0 saturated carbocycles. The Bertz CT molecular complexity index is 1070. The third-order valence-electron chi connectivity index (χ3n) is 4.88. The monoisotopic (exact) mass is 389 g/mol. The van der Waals surface area contributed by atoms with Gasteiger partial charge in [0.1, 0.15) is 0 Å². The Morgan fingerprint density at radius 1 is 1.00 bits per heavy atom. The molecule has 1 N–H and O–H groups in total. The highest BCUT2D eigenvalue weighted by Gasteiger charge is 2.22. The minimum atomic E-state index is -0.365. The van der Waals surface area contributed by atoms with E-state index in [0.717, 1.165) is 11.8 Å². The van der Waals surface area contributed by atoms with Gasteiger partial charge in [-0.25, -0.2) is 0 Å². The van der Waals surface area contributed by atoms with Gasteiger partial charge in [-0.15, -0.1) is 0 Å². The van der Waals surface area contributed by atoms with Crippen molar-refractivity contribution in [3.63, 3.8) is 0 Å². The third kappa shape index (κ3) is 3.91. The molecule has 4 rings (SSSR count). The molecule has 3 heterocycles. The van der Waals surface area contributed by atoms with E-state index in [0.29, 0.717) is 42.9 Å². The third-order valence-corrected chi connectivity index (χ3v) is 4.88. The number of para-hydroxylation sites is 1. The number of hydrogen-bond acceptors (Lipinski definition) is 5. The van der Waals surface area contributed by atoms with Crippen molar-refractivity contribution >= 4 is 34.8 Å². The molecule has 0 aliphatic carbocycles. The molecule has 2 aromatic heterocycles. The van der Waals surface area contributed by atoms with E-state index in [9.17, 15) is 14.4 Å². The first kappa shape index (κ1) is 18.5. The Labute approximate surface area is 167 Å². The number of aromatic nitrogens is 2. The molecular weight excluding hydrogens is 370 g/mol. The number of amides is 3. The maximum absolute atomic E-state index is 12.7. The quantitative estimate of drug-likeness (QED) is 0.687. The van der Waals surface area contributed by atoms with Crippen LogP contribution in [-0.2, 0) is 4.79 Å². The van der Waals surface area contributed by atoms with Crippen LogP contribution in [0.1, 0.15) is 20.7 Å². The second-order valence-corrected chi connectivity index (χ2v) is 6.73. The normalized spacial score (nSPS) is 13.9. The highest BCUT2D eigenvalue weighted by Crippen LogP contribution is 2.21. The van der Waals surface area contributed by atoms with Gasteiger partial charge in [-0.05, 0) is 18.2 Å². The van der Waals surface area contributed by atoms with Crippen LogP contribution in [0.15, 0.2) is 55.0 Å². The molecular formula is C21H19N5O3. The predicted octanol–water partition coefficient (Wildman–Crippen LogP) is 1.80. The minimum Gasteiger partial charge on any atom is -0.342 e. The lowest BCUT2D eigenvalue weighted by molar-refractivity contribution is -0.119. The zero-order valence-corrected chi connectivity index (χ0v) is 15.6. The van der Waals surface area contributed by atoms with Crippen LogP contribution in [0.5, 0.6) is 0 Å². The number of anilines is 1. The van der Waals surface area contributed by atoms with Crippen LogP contribution in [0.3, 0.4) is 0 Å². The molecule has 8 nitrogen and oxygen atoms in total. The average Bonchev–Trinajstić information content (AvgIpc) is 2.79. The zero-order chi connectivity index (χ0) is 20.2. The summed E-state index contributed by atoms with van der Waals surface area (Å²) in [6, 6.07) is 10.8. The van der Waals surface area contributed by atoms with Crippen LogP contribution >= 0.6 is 0 Å². The number of benzene rings is 1. The summed E-state index contributed by atoms with van der Waals surface area (Å²) < 4.78 is 0. The summed E-state index contributed by atoms with van der Waals surface area (Å²) in [5.74, 6) is -0.569. The first-order valence-electron chi connectivity index (χ1n) is 9.24. The standard InChI is InChI=1S/C21H19N5O3/c27-14-25-7-9-26(10-8-25)21(29)17-11-16(12-22-13-17)20(28)24-18-5-1-3-15-4-2-6-23-19(15)18/h1-6,11-14H,7-10H2,(H,24,28). The van der Waals surface area contributed by atoms with Gasteiger partial charge in [0.2, 0.25) is 6.41 Å². The molecule has 0 unspecified atom stereocenters. The molecule has 0 radical (unpaired) electrons. The fourth-order valence-corrected chi connectivity index (χ4v) is 3.29. The number of carbonyl (C=O) groups excluding carboxylic acids is 3. The van der Waals surface area contributed by atoms with E-state index in [1.54, 1.807) is 22.1 Å². The molecule has 0 spiro atoms. The Kier molecular flexibility index (Phi) is 5.15. The molecule has 1 aromatic carbocycles. The topological polar surface area (TPSA) is 95.5 Å². The van der Waals surface area contributed by atoms with Crippen molar-refractivity contribution in [2.24, 2.45) is 0 Å². The first-order valence-corrected chi connectivity index (χ1v) is 9.24. The number of fused-ring (bicyclic) bond motifs is 1. The van der Waals surface area contributed by atoms with Crippen LogP contribution in [0, 0.1) is 0 Å². The second kappa shape index (κ2) is 8.05. The van der Waals surface area contributed by atoms with Gasteiger partial charge in [0.05, 0.1) is 22.3 Å². The number of piperazine rings is 1. The van der Waals surface area contributed by atoms with Gasteiger partial charge in [0, 0.05) is 50.2 Å². The summed E-state index contributed by atoms with van der Waals surface area (Å²) in [6.07, 6.45) is 5.33. The van der Waals surface area contributed by atoms with Gasteiger partial charge < -0.3 is 15.1 Å². The Hall–Kier alpha value is -3.81. The molecule has 3 aromatic rings. The van der Waals surface area contributed by atoms with Crippen molar-refractivity contribution in [1.82, 2.24) is 19.8 Å². The largest absolute Gasteiger partial charge is 0.342 e. The molecule has 1 saturated heterocycles. The number of nitrogens with one attached hydrogen (secondary N) is 1. The number of rotatable bonds is 4. The van der Waals surface area contributed by atoms with Gasteiger partial charge in [-0.1, -0.05) is 18.2 Å². The molecule has 1 aliphatic heterocycles. The molecule has 8 heteroatoms. The van der Waals surface area contributed by atoms with Crippen LogP contribution in [0.2, 0.25) is 0 Å². The highest BCUT2D eigenvalue weighted by molar-refractivity contribution is 6.09. The molecule has 0 atom stereocenters. The van der Waals surface area contributed by atoms with Crippen molar-refractivity contribution in [2.45, 2.75) is 0 Å². The zero-order valence-electron chi connectivity index (χ0n) is 15.6. The summed E-state index contributed by atoms with van der Waals surface area (Å²) in [7, 11) is 0. The Morgan fingerprint density at radius 3 is 2.55 bits per heavy atom. The molecule has 1 aliphatic rings. The van der Waals surface area contributed by atoms with Gasteiger partial charge >= 0.3 is 0 Å². The molecule has 1 fully saturated rings. The summed E-state index contributed by atoms with van der Waals surface area (Å²) in [5.41, 5.74) is 1.91. The molecule has 146 valence electrons. The SMILES string of the molecule is O=CN1CCN(C(=O)c2cncc(C(=O)Nc3cccc4cccnc34)c2)CC1. The van der Waals surface area contributed by atoms with Crippen molar-refractivity contribution in [3.05, 3.63) is 66.1 Å². The van der Waals surface area contributed by atoms with E-state index in [2.05, 4.69) is 15.3 Å². The molecule has 3 amide bonds. The van der Waals surface area contributed by atoms with E-state index < -0.39 is 0 Å². The van der Waals surface area contributed by atoms with Gasteiger partial charge in [0.25, 0.3) is 11.8 Å². The van der Waals surface area contributed by atoms with Crippen molar-refractivity contribution in [2.75, 3.05) is 31.5 Å². The highest BCUT2D eigenvalue weighted by atomic mass is 16.2.